The fourth-order valence-corrected chi connectivity index (χ4v) is 12.8. The van der Waals surface area contributed by atoms with Gasteiger partial charge in [0, 0.05) is 7.26 Å². The molecule has 0 saturated carbocycles. The molecule has 0 saturated heterocycles. The Balaban J connectivity index is 3.48. The van der Waals surface area contributed by atoms with Crippen LogP contribution in [0.4, 0.5) is 0 Å². The highest BCUT2D eigenvalue weighted by molar-refractivity contribution is 7.79. The van der Waals surface area contributed by atoms with Crippen LogP contribution in [0, 0.1) is 0 Å². The van der Waals surface area contributed by atoms with E-state index in [1.165, 1.54) is 11.7 Å². The van der Waals surface area contributed by atoms with Crippen LogP contribution < -0.4 is 0 Å². The first-order valence-corrected chi connectivity index (χ1v) is 9.73. The molecule has 1 aromatic carbocycles. The highest BCUT2D eigenvalue weighted by Gasteiger charge is 2.64. The molecule has 0 aliphatic carbocycles. The number of rotatable bonds is 2. The van der Waals surface area contributed by atoms with Crippen molar-refractivity contribution in [3.05, 3.63) is 35.9 Å². The third-order valence-corrected chi connectivity index (χ3v) is 12.4. The molecule has 0 bridgehead atoms. The minimum absolute atomic E-state index is 0.347. The van der Waals surface area contributed by atoms with E-state index in [0.717, 1.165) is 0 Å². The van der Waals surface area contributed by atoms with Crippen molar-refractivity contribution >= 4 is 7.26 Å². The maximum absolute atomic E-state index is 2.46. The minimum Gasteiger partial charge on any atom is -0.0622 e. The first kappa shape index (κ1) is 17.7. The lowest BCUT2D eigenvalue weighted by atomic mass is 10.2. The molecule has 114 valence electrons. The van der Waals surface area contributed by atoms with Gasteiger partial charge >= 0.3 is 0 Å². The Labute approximate surface area is 127 Å². The Morgan fingerprint density at radius 1 is 0.650 bits per heavy atom. The van der Waals surface area contributed by atoms with Crippen LogP contribution >= 0.6 is 7.26 Å². The summed E-state index contributed by atoms with van der Waals surface area (Å²) < 4.78 is 0. The van der Waals surface area contributed by atoms with Gasteiger partial charge in [0.2, 0.25) is 0 Å². The highest BCUT2D eigenvalue weighted by atomic mass is 31.2. The summed E-state index contributed by atoms with van der Waals surface area (Å²) in [6.07, 6.45) is 1.24. The molecule has 1 heteroatoms. The van der Waals surface area contributed by atoms with Gasteiger partial charge in [-0.15, -0.1) is 0 Å². The standard InChI is InChI=1S/C19H34P/c1-17(2,3)20(18(4,5)6,19(7,8)9)15-16-13-11-10-12-14-16/h10-14H,15H2,1-9H3/q+1. The molecule has 1 aromatic rings. The predicted octanol–water partition coefficient (Wildman–Crippen LogP) is 6.60. The van der Waals surface area contributed by atoms with Gasteiger partial charge in [0.1, 0.15) is 0 Å². The van der Waals surface area contributed by atoms with Crippen LogP contribution in [0.15, 0.2) is 30.3 Å². The monoisotopic (exact) mass is 293 g/mol. The molecule has 0 amide bonds. The SMILES string of the molecule is CC(C)(C)[P+](Cc1ccccc1)(C(C)(C)C)C(C)(C)C. The Morgan fingerprint density at radius 3 is 1.30 bits per heavy atom. The summed E-state index contributed by atoms with van der Waals surface area (Å²) in [5.41, 5.74) is 1.50. The van der Waals surface area contributed by atoms with Gasteiger partial charge in [0.05, 0.1) is 21.6 Å². The zero-order valence-electron chi connectivity index (χ0n) is 15.0. The second-order valence-electron chi connectivity index (χ2n) is 8.97. The van der Waals surface area contributed by atoms with Crippen molar-refractivity contribution in [1.82, 2.24) is 0 Å². The van der Waals surface area contributed by atoms with Gasteiger partial charge in [-0.25, -0.2) is 0 Å². The average molecular weight is 293 g/mol. The summed E-state index contributed by atoms with van der Waals surface area (Å²) >= 11 is 0. The molecule has 1 rings (SSSR count). The number of benzene rings is 1. The fourth-order valence-electron chi connectivity index (χ4n) is 4.59. The molecule has 0 radical (unpaired) electrons. The molecule has 0 fully saturated rings. The lowest BCUT2D eigenvalue weighted by Gasteiger charge is -2.54. The quantitative estimate of drug-likeness (QED) is 0.539. The molecule has 0 aliphatic rings. The summed E-state index contributed by atoms with van der Waals surface area (Å²) in [4.78, 5) is 0. The number of hydrogen-bond donors (Lipinski definition) is 0. The second-order valence-corrected chi connectivity index (χ2v) is 14.9. The van der Waals surface area contributed by atoms with Gasteiger partial charge in [-0.05, 0) is 67.9 Å². The summed E-state index contributed by atoms with van der Waals surface area (Å²) in [5.74, 6) is 0. The molecule has 0 heterocycles. The second kappa shape index (κ2) is 5.45. The van der Waals surface area contributed by atoms with Crippen LogP contribution in [0.25, 0.3) is 0 Å². The first-order valence-electron chi connectivity index (χ1n) is 7.75. The van der Waals surface area contributed by atoms with Crippen LogP contribution in [0.5, 0.6) is 0 Å². The molecule has 0 spiro atoms. The van der Waals surface area contributed by atoms with E-state index in [0.29, 0.717) is 15.5 Å². The van der Waals surface area contributed by atoms with Crippen molar-refractivity contribution in [2.45, 2.75) is 83.9 Å². The predicted molar refractivity (Wildman–Crippen MR) is 96.3 cm³/mol. The normalized spacial score (nSPS) is 14.4. The summed E-state index contributed by atoms with van der Waals surface area (Å²) in [6.45, 7) is 22.1. The molecule has 0 atom stereocenters. The Bertz CT molecular complexity index is 388. The van der Waals surface area contributed by atoms with E-state index in [2.05, 4.69) is 92.6 Å². The molecular weight excluding hydrogens is 259 g/mol. The molecule has 0 aromatic heterocycles. The lowest BCUT2D eigenvalue weighted by molar-refractivity contribution is 0.613. The van der Waals surface area contributed by atoms with Crippen molar-refractivity contribution in [2.24, 2.45) is 0 Å². The molecular formula is C19H34P+. The first-order chi connectivity index (χ1) is 8.83. The van der Waals surface area contributed by atoms with Crippen LogP contribution in [-0.4, -0.2) is 15.5 Å². The van der Waals surface area contributed by atoms with Gasteiger partial charge in [-0.1, -0.05) is 30.3 Å². The fraction of sp³-hybridized carbons (Fsp3) is 0.684. The number of hydrogen-bond acceptors (Lipinski definition) is 0. The van der Waals surface area contributed by atoms with Crippen molar-refractivity contribution < 1.29 is 0 Å². The van der Waals surface area contributed by atoms with Gasteiger partial charge in [-0.3, -0.25) is 0 Å². The minimum atomic E-state index is -1.27. The zero-order chi connectivity index (χ0) is 15.8. The van der Waals surface area contributed by atoms with E-state index in [9.17, 15) is 0 Å². The van der Waals surface area contributed by atoms with Crippen LogP contribution in [0.3, 0.4) is 0 Å². The van der Waals surface area contributed by atoms with Crippen molar-refractivity contribution in [2.75, 3.05) is 0 Å². The lowest BCUT2D eigenvalue weighted by Crippen LogP contribution is -2.44. The summed E-state index contributed by atoms with van der Waals surface area (Å²) in [5, 5.41) is 1.04. The molecule has 0 unspecified atom stereocenters. The van der Waals surface area contributed by atoms with E-state index < -0.39 is 7.26 Å². The van der Waals surface area contributed by atoms with E-state index in [1.807, 2.05) is 0 Å². The van der Waals surface area contributed by atoms with Crippen LogP contribution in [0.1, 0.15) is 67.9 Å². The Hall–Kier alpha value is -0.350. The Kier molecular flexibility index (Phi) is 4.82. The Morgan fingerprint density at radius 2 is 1.00 bits per heavy atom. The van der Waals surface area contributed by atoms with Gasteiger partial charge < -0.3 is 0 Å². The van der Waals surface area contributed by atoms with E-state index in [1.54, 1.807) is 0 Å². The highest BCUT2D eigenvalue weighted by Crippen LogP contribution is 2.84. The zero-order valence-corrected chi connectivity index (χ0v) is 15.9. The molecule has 0 nitrogen and oxygen atoms in total. The smallest absolute Gasteiger partial charge is 0.0622 e. The summed E-state index contributed by atoms with van der Waals surface area (Å²) in [7, 11) is -1.27. The van der Waals surface area contributed by atoms with Crippen LogP contribution in [0.2, 0.25) is 0 Å². The van der Waals surface area contributed by atoms with Crippen LogP contribution in [-0.2, 0) is 6.16 Å². The largest absolute Gasteiger partial charge is 0.0858 e. The van der Waals surface area contributed by atoms with Crippen molar-refractivity contribution in [1.29, 1.82) is 0 Å². The van der Waals surface area contributed by atoms with E-state index in [-0.39, 0.29) is 0 Å². The summed E-state index contributed by atoms with van der Waals surface area (Å²) in [6, 6.07) is 11.1. The molecule has 20 heavy (non-hydrogen) atoms. The van der Waals surface area contributed by atoms with Gasteiger partial charge in [-0.2, -0.15) is 0 Å². The average Bonchev–Trinajstić information content (AvgIpc) is 2.22. The third kappa shape index (κ3) is 3.11. The van der Waals surface area contributed by atoms with Crippen molar-refractivity contribution in [3.8, 4) is 0 Å². The van der Waals surface area contributed by atoms with E-state index >= 15 is 0 Å². The molecule has 0 aliphatic heterocycles. The van der Waals surface area contributed by atoms with Gasteiger partial charge in [0.25, 0.3) is 0 Å². The van der Waals surface area contributed by atoms with Gasteiger partial charge in [0.15, 0.2) is 0 Å². The van der Waals surface area contributed by atoms with Crippen molar-refractivity contribution in [3.63, 3.8) is 0 Å². The maximum Gasteiger partial charge on any atom is 0.0858 e. The topological polar surface area (TPSA) is 0 Å². The maximum atomic E-state index is 2.46. The molecule has 0 N–H and O–H groups in total. The third-order valence-electron chi connectivity index (χ3n) is 4.70. The van der Waals surface area contributed by atoms with E-state index in [4.69, 9.17) is 0 Å².